The molecule has 0 unspecified atom stereocenters. The zero-order valence-corrected chi connectivity index (χ0v) is 15.0. The largest absolute Gasteiger partial charge is 0.459 e. The summed E-state index contributed by atoms with van der Waals surface area (Å²) in [6.07, 6.45) is 0. The van der Waals surface area contributed by atoms with Gasteiger partial charge in [0.05, 0.1) is 11.4 Å². The first-order chi connectivity index (χ1) is 11.1. The lowest BCUT2D eigenvalue weighted by molar-refractivity contribution is -0.156. The first kappa shape index (κ1) is 18.8. The molecule has 1 aromatic rings. The molecule has 2 rings (SSSR count). The molecule has 1 saturated heterocycles. The molecule has 0 bridgehead atoms. The number of esters is 1. The van der Waals surface area contributed by atoms with Gasteiger partial charge in [-0.1, -0.05) is 6.07 Å². The number of carbonyl (C=O) groups is 1. The van der Waals surface area contributed by atoms with Gasteiger partial charge in [-0.15, -0.1) is 0 Å². The van der Waals surface area contributed by atoms with E-state index in [-0.39, 0.29) is 30.5 Å². The molecule has 1 aliphatic heterocycles. The van der Waals surface area contributed by atoms with E-state index in [0.29, 0.717) is 13.1 Å². The summed E-state index contributed by atoms with van der Waals surface area (Å²) in [6, 6.07) is 4.98. The highest BCUT2D eigenvalue weighted by molar-refractivity contribution is 7.89. The van der Waals surface area contributed by atoms with E-state index >= 15 is 0 Å². The lowest BCUT2D eigenvalue weighted by atomic mass is 10.2. The molecule has 6 nitrogen and oxygen atoms in total. The van der Waals surface area contributed by atoms with Crippen LogP contribution in [0.3, 0.4) is 0 Å². The van der Waals surface area contributed by atoms with E-state index in [1.807, 2.05) is 4.90 Å². The molecule has 1 aromatic carbocycles. The molecule has 0 aliphatic carbocycles. The van der Waals surface area contributed by atoms with E-state index in [1.165, 1.54) is 22.5 Å². The maximum absolute atomic E-state index is 13.3. The maximum Gasteiger partial charge on any atom is 0.320 e. The monoisotopic (exact) mass is 358 g/mol. The number of benzene rings is 1. The standard InChI is InChI=1S/C16H23FN2O4S/c1-16(2,3)23-15(20)12-18-7-9-19(10-8-18)24(21,22)14-6-4-5-13(17)11-14/h4-6,11H,7-10,12H2,1-3H3. The molecule has 0 aromatic heterocycles. The summed E-state index contributed by atoms with van der Waals surface area (Å²) in [7, 11) is -3.71. The van der Waals surface area contributed by atoms with Crippen LogP contribution in [0, 0.1) is 5.82 Å². The zero-order chi connectivity index (χ0) is 18.0. The number of carbonyl (C=O) groups excluding carboxylic acids is 1. The highest BCUT2D eigenvalue weighted by atomic mass is 32.2. The Morgan fingerprint density at radius 1 is 1.21 bits per heavy atom. The molecule has 0 saturated carbocycles. The molecule has 8 heteroatoms. The average Bonchev–Trinajstić information content (AvgIpc) is 2.45. The predicted octanol–water partition coefficient (Wildman–Crippen LogP) is 1.47. The Kier molecular flexibility index (Phi) is 5.62. The van der Waals surface area contributed by atoms with E-state index in [0.717, 1.165) is 6.07 Å². The number of ether oxygens (including phenoxy) is 1. The van der Waals surface area contributed by atoms with Gasteiger partial charge in [0.15, 0.2) is 0 Å². The Balaban J connectivity index is 1.94. The second-order valence-electron chi connectivity index (χ2n) is 6.72. The lowest BCUT2D eigenvalue weighted by Gasteiger charge is -2.33. The number of sulfonamides is 1. The second kappa shape index (κ2) is 7.16. The summed E-state index contributed by atoms with van der Waals surface area (Å²) in [4.78, 5) is 13.6. The molecule has 0 atom stereocenters. The van der Waals surface area contributed by atoms with Gasteiger partial charge in [-0.3, -0.25) is 9.69 Å². The molecule has 0 amide bonds. The van der Waals surface area contributed by atoms with Crippen molar-refractivity contribution in [1.29, 1.82) is 0 Å². The van der Waals surface area contributed by atoms with Crippen molar-refractivity contribution in [2.24, 2.45) is 0 Å². The summed E-state index contributed by atoms with van der Waals surface area (Å²) < 4.78 is 44.8. The SMILES string of the molecule is CC(C)(C)OC(=O)CN1CCN(S(=O)(=O)c2cccc(F)c2)CC1. The van der Waals surface area contributed by atoms with Gasteiger partial charge in [-0.2, -0.15) is 4.31 Å². The van der Waals surface area contributed by atoms with Crippen LogP contribution in [0.25, 0.3) is 0 Å². The van der Waals surface area contributed by atoms with Crippen molar-refractivity contribution < 1.29 is 22.3 Å². The minimum atomic E-state index is -3.71. The zero-order valence-electron chi connectivity index (χ0n) is 14.2. The van der Waals surface area contributed by atoms with E-state index in [2.05, 4.69) is 0 Å². The Morgan fingerprint density at radius 2 is 1.83 bits per heavy atom. The second-order valence-corrected chi connectivity index (χ2v) is 8.66. The van der Waals surface area contributed by atoms with Crippen LogP contribution < -0.4 is 0 Å². The number of nitrogens with zero attached hydrogens (tertiary/aromatic N) is 2. The minimum Gasteiger partial charge on any atom is -0.459 e. The molecule has 0 N–H and O–H groups in total. The Labute approximate surface area is 142 Å². The lowest BCUT2D eigenvalue weighted by Crippen LogP contribution is -2.50. The van der Waals surface area contributed by atoms with Gasteiger partial charge in [0, 0.05) is 26.2 Å². The summed E-state index contributed by atoms with van der Waals surface area (Å²) in [5.74, 6) is -0.913. The van der Waals surface area contributed by atoms with Crippen molar-refractivity contribution in [3.63, 3.8) is 0 Å². The number of rotatable bonds is 4. The molecule has 0 radical (unpaired) electrons. The molecule has 1 aliphatic rings. The van der Waals surface area contributed by atoms with Crippen molar-refractivity contribution in [1.82, 2.24) is 9.21 Å². The third-order valence-corrected chi connectivity index (χ3v) is 5.43. The summed E-state index contributed by atoms with van der Waals surface area (Å²) in [6.45, 7) is 6.88. The average molecular weight is 358 g/mol. The summed E-state index contributed by atoms with van der Waals surface area (Å²) in [5.41, 5.74) is -0.542. The first-order valence-corrected chi connectivity index (χ1v) is 9.22. The third-order valence-electron chi connectivity index (χ3n) is 3.54. The van der Waals surface area contributed by atoms with Gasteiger partial charge < -0.3 is 4.74 Å². The molecule has 134 valence electrons. The number of hydrogen-bond donors (Lipinski definition) is 0. The van der Waals surface area contributed by atoms with Gasteiger partial charge >= 0.3 is 5.97 Å². The van der Waals surface area contributed by atoms with Crippen LogP contribution in [0.4, 0.5) is 4.39 Å². The van der Waals surface area contributed by atoms with Crippen molar-refractivity contribution >= 4 is 16.0 Å². The normalized spacial score (nSPS) is 17.7. The van der Waals surface area contributed by atoms with Crippen LogP contribution in [-0.2, 0) is 19.6 Å². The summed E-state index contributed by atoms with van der Waals surface area (Å²) in [5, 5.41) is 0. The van der Waals surface area contributed by atoms with Crippen LogP contribution in [0.15, 0.2) is 29.2 Å². The van der Waals surface area contributed by atoms with Crippen molar-refractivity contribution in [2.45, 2.75) is 31.3 Å². The van der Waals surface area contributed by atoms with Crippen LogP contribution in [0.2, 0.25) is 0 Å². The first-order valence-electron chi connectivity index (χ1n) is 7.78. The fraction of sp³-hybridized carbons (Fsp3) is 0.562. The predicted molar refractivity (Wildman–Crippen MR) is 87.4 cm³/mol. The third kappa shape index (κ3) is 4.99. The smallest absolute Gasteiger partial charge is 0.320 e. The van der Waals surface area contributed by atoms with Gasteiger partial charge in [0.1, 0.15) is 11.4 Å². The van der Waals surface area contributed by atoms with Crippen LogP contribution in [0.1, 0.15) is 20.8 Å². The van der Waals surface area contributed by atoms with Gasteiger partial charge in [0.2, 0.25) is 10.0 Å². The van der Waals surface area contributed by atoms with Gasteiger partial charge in [-0.05, 0) is 39.0 Å². The van der Waals surface area contributed by atoms with Gasteiger partial charge in [0.25, 0.3) is 0 Å². The fourth-order valence-electron chi connectivity index (χ4n) is 2.46. The van der Waals surface area contributed by atoms with Crippen molar-refractivity contribution in [3.8, 4) is 0 Å². The molecule has 1 fully saturated rings. The fourth-order valence-corrected chi connectivity index (χ4v) is 3.92. The van der Waals surface area contributed by atoms with E-state index in [1.54, 1.807) is 20.8 Å². The Morgan fingerprint density at radius 3 is 2.38 bits per heavy atom. The van der Waals surface area contributed by atoms with Gasteiger partial charge in [-0.25, -0.2) is 12.8 Å². The molecular formula is C16H23FN2O4S. The van der Waals surface area contributed by atoms with Crippen LogP contribution in [-0.4, -0.2) is 61.9 Å². The highest BCUT2D eigenvalue weighted by Crippen LogP contribution is 2.18. The number of halogens is 1. The van der Waals surface area contributed by atoms with E-state index < -0.39 is 21.4 Å². The van der Waals surface area contributed by atoms with Crippen molar-refractivity contribution in [3.05, 3.63) is 30.1 Å². The number of piperazine rings is 1. The molecular weight excluding hydrogens is 335 g/mol. The molecule has 24 heavy (non-hydrogen) atoms. The van der Waals surface area contributed by atoms with Crippen LogP contribution >= 0.6 is 0 Å². The number of hydrogen-bond acceptors (Lipinski definition) is 5. The van der Waals surface area contributed by atoms with Crippen molar-refractivity contribution in [2.75, 3.05) is 32.7 Å². The maximum atomic E-state index is 13.3. The Hall–Kier alpha value is -1.51. The summed E-state index contributed by atoms with van der Waals surface area (Å²) >= 11 is 0. The van der Waals surface area contributed by atoms with E-state index in [4.69, 9.17) is 4.74 Å². The topological polar surface area (TPSA) is 66.9 Å². The highest BCUT2D eigenvalue weighted by Gasteiger charge is 2.30. The molecule has 0 spiro atoms. The quantitative estimate of drug-likeness (QED) is 0.763. The van der Waals surface area contributed by atoms with E-state index in [9.17, 15) is 17.6 Å². The Bertz CT molecular complexity index is 692. The molecule has 1 heterocycles. The van der Waals surface area contributed by atoms with Crippen LogP contribution in [0.5, 0.6) is 0 Å². The minimum absolute atomic E-state index is 0.0527.